The van der Waals surface area contributed by atoms with Gasteiger partial charge in [-0.1, -0.05) is 24.3 Å². The Bertz CT molecular complexity index is 979. The molecule has 7 heteroatoms. The van der Waals surface area contributed by atoms with E-state index in [1.807, 2.05) is 31.2 Å². The van der Waals surface area contributed by atoms with Gasteiger partial charge in [-0.2, -0.15) is 5.10 Å². The molecular weight excluding hydrogens is 346 g/mol. The number of methoxy groups -OCH3 is 1. The van der Waals surface area contributed by atoms with E-state index in [-0.39, 0.29) is 5.69 Å². The smallest absolute Gasteiger partial charge is 0.270 e. The summed E-state index contributed by atoms with van der Waals surface area (Å²) in [5.41, 5.74) is 5.55. The van der Waals surface area contributed by atoms with Crippen molar-refractivity contribution in [2.45, 2.75) is 13.5 Å². The first-order valence-corrected chi connectivity index (χ1v) is 8.31. The Morgan fingerprint density at radius 2 is 2.04 bits per heavy atom. The number of non-ortho nitro benzene ring substituents is 1. The van der Waals surface area contributed by atoms with Crippen molar-refractivity contribution < 1.29 is 14.1 Å². The van der Waals surface area contributed by atoms with Crippen LogP contribution in [-0.2, 0) is 6.54 Å². The molecule has 0 aliphatic heterocycles. The number of nitro groups is 1. The summed E-state index contributed by atoms with van der Waals surface area (Å²) in [5.74, 6) is 1.90. The molecule has 0 fully saturated rings. The minimum Gasteiger partial charge on any atom is -0.496 e. The number of para-hydroxylation sites is 1. The van der Waals surface area contributed by atoms with Gasteiger partial charge in [-0.15, -0.1) is 0 Å². The molecule has 0 aliphatic rings. The van der Waals surface area contributed by atoms with Crippen molar-refractivity contribution in [2.24, 2.45) is 5.10 Å². The number of nitrogens with zero attached hydrogens (tertiary/aromatic N) is 2. The zero-order chi connectivity index (χ0) is 19.2. The van der Waals surface area contributed by atoms with Crippen LogP contribution < -0.4 is 10.2 Å². The number of benzene rings is 2. The molecule has 2 aromatic carbocycles. The molecule has 0 spiro atoms. The van der Waals surface area contributed by atoms with Crippen LogP contribution in [0.2, 0.25) is 0 Å². The average Bonchev–Trinajstić information content (AvgIpc) is 3.14. The van der Waals surface area contributed by atoms with Crippen molar-refractivity contribution >= 4 is 11.9 Å². The van der Waals surface area contributed by atoms with E-state index in [0.717, 1.165) is 16.9 Å². The highest BCUT2D eigenvalue weighted by Gasteiger charge is 2.12. The third-order valence-electron chi connectivity index (χ3n) is 4.07. The zero-order valence-electron chi connectivity index (χ0n) is 15.0. The van der Waals surface area contributed by atoms with Gasteiger partial charge in [-0.25, -0.2) is 0 Å². The number of hydrogen-bond donors (Lipinski definition) is 1. The normalized spacial score (nSPS) is 10.9. The van der Waals surface area contributed by atoms with Gasteiger partial charge in [0.05, 0.1) is 24.8 Å². The number of nitrogens with one attached hydrogen (secondary N) is 1. The number of nitro benzene ring substituents is 1. The second kappa shape index (κ2) is 8.18. The molecule has 1 heterocycles. The third kappa shape index (κ3) is 4.33. The zero-order valence-corrected chi connectivity index (χ0v) is 15.0. The van der Waals surface area contributed by atoms with E-state index < -0.39 is 4.92 Å². The lowest BCUT2D eigenvalue weighted by molar-refractivity contribution is -0.384. The maximum absolute atomic E-state index is 11.0. The van der Waals surface area contributed by atoms with Crippen LogP contribution in [0.3, 0.4) is 0 Å². The Balaban J connectivity index is 1.68. The first-order valence-electron chi connectivity index (χ1n) is 8.31. The van der Waals surface area contributed by atoms with E-state index in [1.165, 1.54) is 12.1 Å². The summed E-state index contributed by atoms with van der Waals surface area (Å²) in [6, 6.07) is 15.9. The highest BCUT2D eigenvalue weighted by atomic mass is 16.6. The molecule has 1 N–H and O–H groups in total. The molecule has 27 heavy (non-hydrogen) atoms. The lowest BCUT2D eigenvalue weighted by atomic mass is 10.1. The Hall–Kier alpha value is -3.61. The minimum absolute atomic E-state index is 0.0284. The molecule has 3 rings (SSSR count). The van der Waals surface area contributed by atoms with Crippen molar-refractivity contribution in [3.63, 3.8) is 0 Å². The molecule has 0 amide bonds. The summed E-state index contributed by atoms with van der Waals surface area (Å²) in [6.45, 7) is 2.39. The quantitative estimate of drug-likeness (QED) is 0.383. The number of hydrazone groups is 1. The number of ether oxygens (including phenoxy) is 1. The predicted octanol–water partition coefficient (Wildman–Crippen LogP) is 4.30. The molecule has 0 radical (unpaired) electrons. The van der Waals surface area contributed by atoms with E-state index in [0.29, 0.717) is 23.6 Å². The summed E-state index contributed by atoms with van der Waals surface area (Å²) in [5, 5.41) is 15.1. The molecule has 138 valence electrons. The third-order valence-corrected chi connectivity index (χ3v) is 4.07. The lowest BCUT2D eigenvalue weighted by Crippen LogP contribution is -2.06. The molecule has 0 unspecified atom stereocenters. The van der Waals surface area contributed by atoms with Crippen molar-refractivity contribution in [3.8, 4) is 17.1 Å². The highest BCUT2D eigenvalue weighted by molar-refractivity contribution is 5.77. The maximum Gasteiger partial charge on any atom is 0.270 e. The maximum atomic E-state index is 11.0. The molecule has 3 aromatic rings. The van der Waals surface area contributed by atoms with Gasteiger partial charge in [0.1, 0.15) is 17.3 Å². The van der Waals surface area contributed by atoms with Crippen LogP contribution in [0.1, 0.15) is 16.9 Å². The summed E-state index contributed by atoms with van der Waals surface area (Å²) < 4.78 is 11.0. The topological polar surface area (TPSA) is 89.9 Å². The minimum atomic E-state index is -0.421. The molecule has 0 bridgehead atoms. The number of furan rings is 1. The lowest BCUT2D eigenvalue weighted by Gasteiger charge is -2.06. The summed E-state index contributed by atoms with van der Waals surface area (Å²) >= 11 is 0. The molecular formula is C20H19N3O4. The van der Waals surface area contributed by atoms with Crippen LogP contribution in [-0.4, -0.2) is 18.2 Å². The first kappa shape index (κ1) is 18.2. The largest absolute Gasteiger partial charge is 0.496 e. The van der Waals surface area contributed by atoms with E-state index in [2.05, 4.69) is 10.5 Å². The van der Waals surface area contributed by atoms with Gasteiger partial charge < -0.3 is 14.6 Å². The number of hydrogen-bond acceptors (Lipinski definition) is 6. The molecule has 0 atom stereocenters. The number of rotatable bonds is 7. The Kier molecular flexibility index (Phi) is 5.51. The highest BCUT2D eigenvalue weighted by Crippen LogP contribution is 2.28. The monoisotopic (exact) mass is 365 g/mol. The van der Waals surface area contributed by atoms with Gasteiger partial charge in [0, 0.05) is 23.3 Å². The van der Waals surface area contributed by atoms with Crippen molar-refractivity contribution in [1.82, 2.24) is 5.43 Å². The molecule has 7 nitrogen and oxygen atoms in total. The SMILES string of the molecule is COc1ccccc1CN/N=C/c1ccc(-c2cc([N+](=O)[O-])ccc2C)o1. The van der Waals surface area contributed by atoms with Crippen molar-refractivity contribution in [1.29, 1.82) is 0 Å². The molecule has 0 aliphatic carbocycles. The van der Waals surface area contributed by atoms with E-state index in [9.17, 15) is 10.1 Å². The van der Waals surface area contributed by atoms with E-state index >= 15 is 0 Å². The Morgan fingerprint density at radius 1 is 1.22 bits per heavy atom. The Labute approximate surface area is 156 Å². The molecule has 1 aromatic heterocycles. The van der Waals surface area contributed by atoms with Crippen LogP contribution >= 0.6 is 0 Å². The fraction of sp³-hybridized carbons (Fsp3) is 0.150. The first-order chi connectivity index (χ1) is 13.1. The van der Waals surface area contributed by atoms with Crippen molar-refractivity contribution in [2.75, 3.05) is 7.11 Å². The van der Waals surface area contributed by atoms with Crippen LogP contribution in [0.25, 0.3) is 11.3 Å². The van der Waals surface area contributed by atoms with Gasteiger partial charge in [-0.05, 0) is 30.7 Å². The molecule has 0 saturated carbocycles. The standard InChI is InChI=1S/C20H19N3O4/c1-14-7-8-16(23(24)25)11-18(14)20-10-9-17(27-20)13-22-21-12-15-5-3-4-6-19(15)26-2/h3-11,13,21H,12H2,1-2H3/b22-13+. The average molecular weight is 365 g/mol. The van der Waals surface area contributed by atoms with Crippen LogP contribution in [0, 0.1) is 17.0 Å². The van der Waals surface area contributed by atoms with E-state index in [4.69, 9.17) is 9.15 Å². The second-order valence-electron chi connectivity index (χ2n) is 5.86. The fourth-order valence-electron chi connectivity index (χ4n) is 2.65. The van der Waals surface area contributed by atoms with Crippen LogP contribution in [0.5, 0.6) is 5.75 Å². The summed E-state index contributed by atoms with van der Waals surface area (Å²) in [7, 11) is 1.63. The van der Waals surface area contributed by atoms with Crippen molar-refractivity contribution in [3.05, 3.63) is 81.6 Å². The van der Waals surface area contributed by atoms with Gasteiger partial charge >= 0.3 is 0 Å². The van der Waals surface area contributed by atoms with Crippen LogP contribution in [0.15, 0.2) is 64.1 Å². The Morgan fingerprint density at radius 3 is 2.81 bits per heavy atom. The van der Waals surface area contributed by atoms with Gasteiger partial charge in [-0.3, -0.25) is 10.1 Å². The van der Waals surface area contributed by atoms with Gasteiger partial charge in [0.15, 0.2) is 0 Å². The molecule has 0 saturated heterocycles. The summed E-state index contributed by atoms with van der Waals surface area (Å²) in [4.78, 5) is 10.6. The van der Waals surface area contributed by atoms with Crippen LogP contribution in [0.4, 0.5) is 5.69 Å². The van der Waals surface area contributed by atoms with Gasteiger partial charge in [0.25, 0.3) is 5.69 Å². The van der Waals surface area contributed by atoms with E-state index in [1.54, 1.807) is 31.5 Å². The second-order valence-corrected chi connectivity index (χ2v) is 5.86. The summed E-state index contributed by atoms with van der Waals surface area (Å²) in [6.07, 6.45) is 1.56. The van der Waals surface area contributed by atoms with Gasteiger partial charge in [0.2, 0.25) is 0 Å². The fourth-order valence-corrected chi connectivity index (χ4v) is 2.65. The predicted molar refractivity (Wildman–Crippen MR) is 103 cm³/mol. The number of aryl methyl sites for hydroxylation is 1.